The first-order valence-corrected chi connectivity index (χ1v) is 4.22. The lowest BCUT2D eigenvalue weighted by Gasteiger charge is -2.05. The summed E-state index contributed by atoms with van der Waals surface area (Å²) in [5.41, 5.74) is -0.165. The second-order valence-corrected chi connectivity index (χ2v) is 2.60. The number of hydrogen-bond acceptors (Lipinski definition) is 6. The summed E-state index contributed by atoms with van der Waals surface area (Å²) in [6.45, 7) is 3.91. The highest BCUT2D eigenvalue weighted by Crippen LogP contribution is 2.27. The molecule has 0 unspecified atom stereocenters. The Bertz CT molecular complexity index is 379. The van der Waals surface area contributed by atoms with Crippen LogP contribution in [0.3, 0.4) is 0 Å². The van der Waals surface area contributed by atoms with Gasteiger partial charge < -0.3 is 10.6 Å². The molecule has 1 aromatic heterocycles. The Hall–Kier alpha value is -2.18. The highest BCUT2D eigenvalue weighted by atomic mass is 16.6. The van der Waals surface area contributed by atoms with E-state index in [1.165, 1.54) is 6.33 Å². The van der Waals surface area contributed by atoms with Crippen LogP contribution in [0.4, 0.5) is 17.3 Å². The molecule has 0 fully saturated rings. The normalized spacial score (nSPS) is 9.40. The van der Waals surface area contributed by atoms with E-state index >= 15 is 0 Å². The number of anilines is 2. The number of aromatic nitrogens is 2. The van der Waals surface area contributed by atoms with E-state index in [1.54, 1.807) is 13.1 Å². The minimum absolute atomic E-state index is 0.165. The molecule has 1 heterocycles. The van der Waals surface area contributed by atoms with Crippen LogP contribution < -0.4 is 10.6 Å². The van der Waals surface area contributed by atoms with Crippen molar-refractivity contribution >= 4 is 17.3 Å². The van der Waals surface area contributed by atoms with Gasteiger partial charge in [0.05, 0.1) is 4.92 Å². The van der Waals surface area contributed by atoms with Crippen molar-refractivity contribution in [2.24, 2.45) is 0 Å². The van der Waals surface area contributed by atoms with Crippen LogP contribution in [0.2, 0.25) is 0 Å². The third-order valence-electron chi connectivity index (χ3n) is 1.66. The lowest BCUT2D eigenvalue weighted by Crippen LogP contribution is -2.07. The summed E-state index contributed by atoms with van der Waals surface area (Å²) in [6.07, 6.45) is 2.84. The Morgan fingerprint density at radius 3 is 2.80 bits per heavy atom. The number of rotatable bonds is 5. The molecule has 7 heteroatoms. The molecule has 0 spiro atoms. The smallest absolute Gasteiger partial charge is 0.353 e. The van der Waals surface area contributed by atoms with Crippen molar-refractivity contribution in [3.63, 3.8) is 0 Å². The van der Waals surface area contributed by atoms with E-state index < -0.39 is 4.92 Å². The number of hydrogen-bond donors (Lipinski definition) is 2. The van der Waals surface area contributed by atoms with Crippen LogP contribution in [0.1, 0.15) is 0 Å². The Morgan fingerprint density at radius 1 is 1.60 bits per heavy atom. The highest BCUT2D eigenvalue weighted by molar-refractivity contribution is 5.69. The van der Waals surface area contributed by atoms with Gasteiger partial charge in [0.1, 0.15) is 6.33 Å². The fraction of sp³-hybridized carbons (Fsp3) is 0.250. The molecule has 0 amide bonds. The summed E-state index contributed by atoms with van der Waals surface area (Å²) < 4.78 is 0. The van der Waals surface area contributed by atoms with Crippen LogP contribution in [0.15, 0.2) is 19.0 Å². The molecule has 0 saturated heterocycles. The van der Waals surface area contributed by atoms with E-state index in [9.17, 15) is 10.1 Å². The molecule has 0 radical (unpaired) electrons. The summed E-state index contributed by atoms with van der Waals surface area (Å²) in [6, 6.07) is 0. The Morgan fingerprint density at radius 2 is 2.27 bits per heavy atom. The topological polar surface area (TPSA) is 93.0 Å². The second-order valence-electron chi connectivity index (χ2n) is 2.60. The zero-order valence-corrected chi connectivity index (χ0v) is 8.23. The second kappa shape index (κ2) is 4.89. The summed E-state index contributed by atoms with van der Waals surface area (Å²) in [5, 5.41) is 16.2. The van der Waals surface area contributed by atoms with Gasteiger partial charge in [-0.2, -0.15) is 0 Å². The molecule has 15 heavy (non-hydrogen) atoms. The molecule has 0 aliphatic rings. The lowest BCUT2D eigenvalue weighted by molar-refractivity contribution is -0.383. The van der Waals surface area contributed by atoms with Gasteiger partial charge in [-0.3, -0.25) is 10.1 Å². The van der Waals surface area contributed by atoms with Crippen LogP contribution >= 0.6 is 0 Å². The Balaban J connectivity index is 3.12. The summed E-state index contributed by atoms with van der Waals surface area (Å²) in [4.78, 5) is 17.8. The molecule has 0 atom stereocenters. The Labute approximate surface area is 86.4 Å². The maximum atomic E-state index is 10.8. The van der Waals surface area contributed by atoms with Crippen molar-refractivity contribution in [2.45, 2.75) is 0 Å². The molecule has 0 bridgehead atoms. The van der Waals surface area contributed by atoms with Gasteiger partial charge in [0.15, 0.2) is 0 Å². The van der Waals surface area contributed by atoms with Crippen LogP contribution in [-0.2, 0) is 0 Å². The lowest BCUT2D eigenvalue weighted by atomic mass is 10.4. The average molecular weight is 209 g/mol. The van der Waals surface area contributed by atoms with E-state index in [2.05, 4.69) is 27.2 Å². The van der Waals surface area contributed by atoms with Gasteiger partial charge in [0.25, 0.3) is 0 Å². The molecular weight excluding hydrogens is 198 g/mol. The van der Waals surface area contributed by atoms with E-state index in [1.807, 2.05) is 0 Å². The first kappa shape index (κ1) is 10.9. The fourth-order valence-corrected chi connectivity index (χ4v) is 1.03. The Kier molecular flexibility index (Phi) is 3.55. The van der Waals surface area contributed by atoms with Gasteiger partial charge in [0.2, 0.25) is 11.6 Å². The molecule has 1 rings (SSSR count). The fourth-order valence-electron chi connectivity index (χ4n) is 1.03. The predicted molar refractivity (Wildman–Crippen MR) is 56.9 cm³/mol. The van der Waals surface area contributed by atoms with Crippen LogP contribution in [0.25, 0.3) is 0 Å². The number of nitrogens with zero attached hydrogens (tertiary/aromatic N) is 3. The van der Waals surface area contributed by atoms with Gasteiger partial charge in [-0.05, 0) is 0 Å². The van der Waals surface area contributed by atoms with Crippen LogP contribution in [0, 0.1) is 10.1 Å². The van der Waals surface area contributed by atoms with Crippen LogP contribution in [0.5, 0.6) is 0 Å². The molecule has 0 saturated carbocycles. The van der Waals surface area contributed by atoms with Crippen molar-refractivity contribution in [1.29, 1.82) is 0 Å². The standard InChI is InChI=1S/C8H11N5O2/c1-3-4-10-8-6(13(14)15)7(9-2)11-5-12-8/h3,5H,1,4H2,2H3,(H2,9,10,11,12). The van der Waals surface area contributed by atoms with E-state index in [0.717, 1.165) is 0 Å². The van der Waals surface area contributed by atoms with Crippen molar-refractivity contribution in [2.75, 3.05) is 24.2 Å². The molecular formula is C8H11N5O2. The summed E-state index contributed by atoms with van der Waals surface area (Å²) in [5.74, 6) is 0.362. The zero-order valence-electron chi connectivity index (χ0n) is 8.23. The van der Waals surface area contributed by atoms with Crippen molar-refractivity contribution < 1.29 is 4.92 Å². The SMILES string of the molecule is C=CCNc1ncnc(NC)c1[N+](=O)[O-]. The van der Waals surface area contributed by atoms with Crippen LogP contribution in [-0.4, -0.2) is 28.5 Å². The van der Waals surface area contributed by atoms with E-state index in [0.29, 0.717) is 6.54 Å². The van der Waals surface area contributed by atoms with Crippen molar-refractivity contribution in [1.82, 2.24) is 9.97 Å². The molecule has 0 aliphatic heterocycles. The maximum Gasteiger partial charge on any atom is 0.353 e. The van der Waals surface area contributed by atoms with Gasteiger partial charge in [-0.25, -0.2) is 9.97 Å². The van der Waals surface area contributed by atoms with Gasteiger partial charge >= 0.3 is 5.69 Å². The van der Waals surface area contributed by atoms with Crippen molar-refractivity contribution in [3.8, 4) is 0 Å². The third kappa shape index (κ3) is 2.39. The first-order valence-electron chi connectivity index (χ1n) is 4.22. The maximum absolute atomic E-state index is 10.8. The molecule has 2 N–H and O–H groups in total. The predicted octanol–water partition coefficient (Wildman–Crippen LogP) is 1.02. The molecule has 80 valence electrons. The van der Waals surface area contributed by atoms with Gasteiger partial charge in [-0.15, -0.1) is 6.58 Å². The summed E-state index contributed by atoms with van der Waals surface area (Å²) >= 11 is 0. The molecule has 0 aromatic carbocycles. The van der Waals surface area contributed by atoms with Crippen molar-refractivity contribution in [3.05, 3.63) is 29.1 Å². The summed E-state index contributed by atoms with van der Waals surface area (Å²) in [7, 11) is 1.56. The number of nitrogens with one attached hydrogen (secondary N) is 2. The average Bonchev–Trinajstić information content (AvgIpc) is 2.25. The quantitative estimate of drug-likeness (QED) is 0.427. The van der Waals surface area contributed by atoms with E-state index in [-0.39, 0.29) is 17.3 Å². The molecule has 7 nitrogen and oxygen atoms in total. The highest BCUT2D eigenvalue weighted by Gasteiger charge is 2.21. The third-order valence-corrected chi connectivity index (χ3v) is 1.66. The zero-order chi connectivity index (χ0) is 11.3. The number of nitro groups is 1. The molecule has 0 aliphatic carbocycles. The monoisotopic (exact) mass is 209 g/mol. The molecule has 1 aromatic rings. The first-order chi connectivity index (χ1) is 7.20. The largest absolute Gasteiger partial charge is 0.367 e. The minimum atomic E-state index is -0.531. The van der Waals surface area contributed by atoms with Gasteiger partial charge in [-0.1, -0.05) is 6.08 Å². The van der Waals surface area contributed by atoms with Gasteiger partial charge in [0, 0.05) is 13.6 Å². The van der Waals surface area contributed by atoms with E-state index in [4.69, 9.17) is 0 Å². The minimum Gasteiger partial charge on any atom is -0.367 e.